The lowest BCUT2D eigenvalue weighted by molar-refractivity contribution is 1.02. The maximum Gasteiger partial charge on any atom is 0.0722 e. The lowest BCUT2D eigenvalue weighted by Gasteiger charge is -2.10. The SMILES string of the molecule is Cc1ccc2nccc(NCCc3ccccc3)c2c1. The Bertz CT molecular complexity index is 705. The van der Waals surface area contributed by atoms with E-state index in [1.807, 2.05) is 12.3 Å². The van der Waals surface area contributed by atoms with Crippen molar-refractivity contribution in [1.82, 2.24) is 4.98 Å². The minimum atomic E-state index is 0.928. The van der Waals surface area contributed by atoms with E-state index in [2.05, 4.69) is 65.8 Å². The zero-order valence-electron chi connectivity index (χ0n) is 11.6. The van der Waals surface area contributed by atoms with Crippen LogP contribution >= 0.6 is 0 Å². The summed E-state index contributed by atoms with van der Waals surface area (Å²) in [6.07, 6.45) is 2.89. The number of anilines is 1. The molecular weight excluding hydrogens is 244 g/mol. The van der Waals surface area contributed by atoms with Crippen LogP contribution in [0, 0.1) is 6.92 Å². The summed E-state index contributed by atoms with van der Waals surface area (Å²) in [4.78, 5) is 4.41. The van der Waals surface area contributed by atoms with Crippen molar-refractivity contribution in [1.29, 1.82) is 0 Å². The van der Waals surface area contributed by atoms with E-state index in [-0.39, 0.29) is 0 Å². The van der Waals surface area contributed by atoms with Crippen LogP contribution in [0.15, 0.2) is 60.8 Å². The van der Waals surface area contributed by atoms with Gasteiger partial charge in [-0.3, -0.25) is 4.98 Å². The molecule has 0 aliphatic rings. The van der Waals surface area contributed by atoms with E-state index in [1.165, 1.54) is 16.5 Å². The van der Waals surface area contributed by atoms with Gasteiger partial charge in [-0.15, -0.1) is 0 Å². The van der Waals surface area contributed by atoms with Gasteiger partial charge in [-0.05, 0) is 37.1 Å². The van der Waals surface area contributed by atoms with E-state index in [1.54, 1.807) is 0 Å². The molecule has 1 heterocycles. The number of nitrogens with one attached hydrogen (secondary N) is 1. The Labute approximate surface area is 119 Å². The lowest BCUT2D eigenvalue weighted by atomic mass is 10.1. The molecule has 1 aromatic heterocycles. The molecule has 2 nitrogen and oxygen atoms in total. The molecule has 2 aromatic carbocycles. The van der Waals surface area contributed by atoms with Crippen molar-refractivity contribution in [3.63, 3.8) is 0 Å². The highest BCUT2D eigenvalue weighted by atomic mass is 14.9. The molecule has 0 fully saturated rings. The van der Waals surface area contributed by atoms with Crippen molar-refractivity contribution in [3.05, 3.63) is 71.9 Å². The first-order valence-corrected chi connectivity index (χ1v) is 6.96. The van der Waals surface area contributed by atoms with Gasteiger partial charge >= 0.3 is 0 Å². The Hall–Kier alpha value is -2.35. The van der Waals surface area contributed by atoms with Gasteiger partial charge in [0.1, 0.15) is 0 Å². The fourth-order valence-electron chi connectivity index (χ4n) is 2.40. The van der Waals surface area contributed by atoms with Crippen LogP contribution in [0.1, 0.15) is 11.1 Å². The Morgan fingerprint density at radius 3 is 2.70 bits per heavy atom. The molecule has 0 aliphatic carbocycles. The summed E-state index contributed by atoms with van der Waals surface area (Å²) >= 11 is 0. The molecule has 1 N–H and O–H groups in total. The summed E-state index contributed by atoms with van der Waals surface area (Å²) in [6.45, 7) is 3.04. The van der Waals surface area contributed by atoms with E-state index in [0.717, 1.165) is 24.2 Å². The molecule has 0 radical (unpaired) electrons. The Balaban J connectivity index is 1.76. The molecule has 0 saturated carbocycles. The summed E-state index contributed by atoms with van der Waals surface area (Å²) in [5.74, 6) is 0. The van der Waals surface area contributed by atoms with Crippen molar-refractivity contribution >= 4 is 16.6 Å². The molecule has 0 bridgehead atoms. The molecular formula is C18H18N2. The second-order valence-corrected chi connectivity index (χ2v) is 5.04. The molecule has 0 atom stereocenters. The van der Waals surface area contributed by atoms with E-state index in [9.17, 15) is 0 Å². The molecule has 3 aromatic rings. The largest absolute Gasteiger partial charge is 0.384 e. The molecule has 0 unspecified atom stereocenters. The summed E-state index contributed by atoms with van der Waals surface area (Å²) in [5.41, 5.74) is 4.82. The maximum atomic E-state index is 4.41. The predicted octanol–water partition coefficient (Wildman–Crippen LogP) is 4.20. The van der Waals surface area contributed by atoms with E-state index in [0.29, 0.717) is 0 Å². The normalized spacial score (nSPS) is 10.7. The van der Waals surface area contributed by atoms with Crippen molar-refractivity contribution in [3.8, 4) is 0 Å². The molecule has 0 spiro atoms. The molecule has 20 heavy (non-hydrogen) atoms. The number of hydrogen-bond donors (Lipinski definition) is 1. The highest BCUT2D eigenvalue weighted by Gasteiger charge is 2.01. The molecule has 0 aliphatic heterocycles. The third-order valence-electron chi connectivity index (χ3n) is 3.47. The molecule has 0 saturated heterocycles. The Morgan fingerprint density at radius 2 is 1.85 bits per heavy atom. The van der Waals surface area contributed by atoms with E-state index >= 15 is 0 Å². The minimum Gasteiger partial charge on any atom is -0.384 e. The first-order valence-electron chi connectivity index (χ1n) is 6.96. The number of aromatic nitrogens is 1. The Kier molecular flexibility index (Phi) is 3.64. The van der Waals surface area contributed by atoms with Crippen molar-refractivity contribution in [2.45, 2.75) is 13.3 Å². The van der Waals surface area contributed by atoms with Crippen molar-refractivity contribution < 1.29 is 0 Å². The van der Waals surface area contributed by atoms with Crippen molar-refractivity contribution in [2.24, 2.45) is 0 Å². The summed E-state index contributed by atoms with van der Waals surface area (Å²) in [5, 5.41) is 4.72. The smallest absolute Gasteiger partial charge is 0.0722 e. The van der Waals surface area contributed by atoms with E-state index in [4.69, 9.17) is 0 Å². The maximum absolute atomic E-state index is 4.41. The Morgan fingerprint density at radius 1 is 1.00 bits per heavy atom. The zero-order valence-corrected chi connectivity index (χ0v) is 11.6. The molecule has 3 rings (SSSR count). The van der Waals surface area contributed by atoms with Gasteiger partial charge in [0, 0.05) is 23.8 Å². The number of pyridine rings is 1. The summed E-state index contributed by atoms with van der Waals surface area (Å²) in [6, 6.07) is 19.0. The lowest BCUT2D eigenvalue weighted by Crippen LogP contribution is -2.05. The number of aryl methyl sites for hydroxylation is 1. The predicted molar refractivity (Wildman–Crippen MR) is 85.1 cm³/mol. The summed E-state index contributed by atoms with van der Waals surface area (Å²) in [7, 11) is 0. The average Bonchev–Trinajstić information content (AvgIpc) is 2.49. The highest BCUT2D eigenvalue weighted by Crippen LogP contribution is 2.22. The van der Waals surface area contributed by atoms with Crippen LogP contribution in [0.25, 0.3) is 10.9 Å². The van der Waals surface area contributed by atoms with Crippen LogP contribution in [-0.2, 0) is 6.42 Å². The van der Waals surface area contributed by atoms with Crippen LogP contribution in [0.3, 0.4) is 0 Å². The van der Waals surface area contributed by atoms with Crippen LogP contribution in [-0.4, -0.2) is 11.5 Å². The first-order chi connectivity index (χ1) is 9.83. The minimum absolute atomic E-state index is 0.928. The monoisotopic (exact) mass is 262 g/mol. The molecule has 2 heteroatoms. The van der Waals surface area contributed by atoms with Gasteiger partial charge in [-0.25, -0.2) is 0 Å². The van der Waals surface area contributed by atoms with Crippen LogP contribution in [0.2, 0.25) is 0 Å². The third-order valence-corrected chi connectivity index (χ3v) is 3.47. The summed E-state index contributed by atoms with van der Waals surface area (Å²) < 4.78 is 0. The number of hydrogen-bond acceptors (Lipinski definition) is 2. The van der Waals surface area contributed by atoms with Crippen molar-refractivity contribution in [2.75, 3.05) is 11.9 Å². The van der Waals surface area contributed by atoms with Gasteiger partial charge in [0.2, 0.25) is 0 Å². The second kappa shape index (κ2) is 5.74. The van der Waals surface area contributed by atoms with Crippen LogP contribution < -0.4 is 5.32 Å². The van der Waals surface area contributed by atoms with E-state index < -0.39 is 0 Å². The number of nitrogens with zero attached hydrogens (tertiary/aromatic N) is 1. The van der Waals surface area contributed by atoms with Gasteiger partial charge in [0.25, 0.3) is 0 Å². The van der Waals surface area contributed by atoms with Gasteiger partial charge in [-0.1, -0.05) is 42.0 Å². The topological polar surface area (TPSA) is 24.9 Å². The fraction of sp³-hybridized carbons (Fsp3) is 0.167. The fourth-order valence-corrected chi connectivity index (χ4v) is 2.40. The van der Waals surface area contributed by atoms with Gasteiger partial charge in [0.15, 0.2) is 0 Å². The van der Waals surface area contributed by atoms with Gasteiger partial charge in [0.05, 0.1) is 5.52 Å². The third kappa shape index (κ3) is 2.80. The first kappa shape index (κ1) is 12.7. The number of rotatable bonds is 4. The van der Waals surface area contributed by atoms with Gasteiger partial charge in [-0.2, -0.15) is 0 Å². The van der Waals surface area contributed by atoms with Crippen LogP contribution in [0.5, 0.6) is 0 Å². The van der Waals surface area contributed by atoms with Gasteiger partial charge < -0.3 is 5.32 Å². The standard InChI is InChI=1S/C18H18N2/c1-14-7-8-17-16(13-14)18(10-12-20-17)19-11-9-15-5-3-2-4-6-15/h2-8,10,12-13H,9,11H2,1H3,(H,19,20). The quantitative estimate of drug-likeness (QED) is 0.762. The van der Waals surface area contributed by atoms with Crippen LogP contribution in [0.4, 0.5) is 5.69 Å². The molecule has 0 amide bonds. The number of fused-ring (bicyclic) bond motifs is 1. The average molecular weight is 262 g/mol. The second-order valence-electron chi connectivity index (χ2n) is 5.04. The highest BCUT2D eigenvalue weighted by molar-refractivity contribution is 5.91. The number of benzene rings is 2. The zero-order chi connectivity index (χ0) is 13.8. The molecule has 100 valence electrons.